The van der Waals surface area contributed by atoms with Crippen LogP contribution in [0.15, 0.2) is 29.2 Å². The number of hydrogen-bond donors (Lipinski definition) is 2. The average Bonchev–Trinajstić information content (AvgIpc) is 2.73. The van der Waals surface area contributed by atoms with E-state index in [1.807, 2.05) is 6.07 Å². The van der Waals surface area contributed by atoms with Gasteiger partial charge in [0, 0.05) is 39.4 Å². The summed E-state index contributed by atoms with van der Waals surface area (Å²) in [6.45, 7) is 2.79. The Morgan fingerprint density at radius 2 is 1.86 bits per heavy atom. The second-order valence-corrected chi connectivity index (χ2v) is 9.33. The number of nitrogens with one attached hydrogen (secondary N) is 1. The zero-order chi connectivity index (χ0) is 19.3. The van der Waals surface area contributed by atoms with Gasteiger partial charge in [-0.25, -0.2) is 8.42 Å². The molecular weight excluding hydrogens is 402 g/mol. The molecule has 2 aliphatic heterocycles. The number of ether oxygens (including phenoxy) is 1. The van der Waals surface area contributed by atoms with Crippen LogP contribution in [0, 0.1) is 5.41 Å². The van der Waals surface area contributed by atoms with Gasteiger partial charge in [-0.05, 0) is 43.4 Å². The average molecular weight is 432 g/mol. The fourth-order valence-corrected chi connectivity index (χ4v) is 5.31. The molecule has 0 unspecified atom stereocenters. The van der Waals surface area contributed by atoms with E-state index < -0.39 is 15.4 Å². The molecule has 1 amide bonds. The molecule has 1 aromatic rings. The Kier molecular flexibility index (Phi) is 8.27. The third-order valence-electron chi connectivity index (χ3n) is 5.63. The Labute approximate surface area is 173 Å². The summed E-state index contributed by atoms with van der Waals surface area (Å²) < 4.78 is 32.6. The molecule has 0 radical (unpaired) electrons. The predicted molar refractivity (Wildman–Crippen MR) is 110 cm³/mol. The van der Waals surface area contributed by atoms with E-state index in [1.54, 1.807) is 22.5 Å². The Balaban J connectivity index is 0.00000280. The van der Waals surface area contributed by atoms with Crippen molar-refractivity contribution in [3.8, 4) is 0 Å². The number of carbonyl (C=O) groups is 1. The summed E-state index contributed by atoms with van der Waals surface area (Å²) >= 11 is 0. The van der Waals surface area contributed by atoms with Crippen LogP contribution in [0.4, 0.5) is 0 Å². The van der Waals surface area contributed by atoms with E-state index in [1.165, 1.54) is 0 Å². The molecule has 0 aromatic heterocycles. The van der Waals surface area contributed by atoms with Crippen LogP contribution < -0.4 is 11.1 Å². The number of hydrogen-bond acceptors (Lipinski definition) is 5. The number of benzene rings is 1. The molecule has 1 aromatic carbocycles. The van der Waals surface area contributed by atoms with Gasteiger partial charge in [0.1, 0.15) is 0 Å². The molecule has 0 aliphatic carbocycles. The largest absolute Gasteiger partial charge is 0.381 e. The molecule has 0 saturated carbocycles. The second-order valence-electron chi connectivity index (χ2n) is 7.39. The molecule has 7 nitrogen and oxygen atoms in total. The van der Waals surface area contributed by atoms with E-state index in [-0.39, 0.29) is 36.3 Å². The van der Waals surface area contributed by atoms with Gasteiger partial charge in [0.25, 0.3) is 0 Å². The van der Waals surface area contributed by atoms with Crippen molar-refractivity contribution in [3.05, 3.63) is 29.8 Å². The number of amides is 1. The third kappa shape index (κ3) is 5.04. The summed E-state index contributed by atoms with van der Waals surface area (Å²) in [5.74, 6) is -0.0856. The minimum absolute atomic E-state index is 0. The van der Waals surface area contributed by atoms with Gasteiger partial charge in [0.05, 0.1) is 10.3 Å². The lowest BCUT2D eigenvalue weighted by Crippen LogP contribution is -2.48. The number of nitrogens with two attached hydrogens (primary N) is 1. The van der Waals surface area contributed by atoms with Crippen LogP contribution in [-0.2, 0) is 26.1 Å². The lowest BCUT2D eigenvalue weighted by Gasteiger charge is -2.34. The molecule has 9 heteroatoms. The minimum Gasteiger partial charge on any atom is -0.381 e. The van der Waals surface area contributed by atoms with Gasteiger partial charge in [-0.15, -0.1) is 12.4 Å². The maximum absolute atomic E-state index is 12.8. The van der Waals surface area contributed by atoms with Crippen LogP contribution in [0.25, 0.3) is 0 Å². The molecule has 0 atom stereocenters. The summed E-state index contributed by atoms with van der Waals surface area (Å²) in [7, 11) is -3.48. The van der Waals surface area contributed by atoms with E-state index in [4.69, 9.17) is 10.5 Å². The molecule has 2 saturated heterocycles. The topological polar surface area (TPSA) is 102 Å². The zero-order valence-electron chi connectivity index (χ0n) is 16.1. The van der Waals surface area contributed by atoms with Crippen molar-refractivity contribution < 1.29 is 17.9 Å². The first-order valence-electron chi connectivity index (χ1n) is 9.63. The Morgan fingerprint density at radius 1 is 1.18 bits per heavy atom. The molecule has 158 valence electrons. The number of sulfonamides is 1. The van der Waals surface area contributed by atoms with Crippen LogP contribution >= 0.6 is 12.4 Å². The van der Waals surface area contributed by atoms with E-state index in [0.29, 0.717) is 39.1 Å². The van der Waals surface area contributed by atoms with Crippen LogP contribution in [0.3, 0.4) is 0 Å². The summed E-state index contributed by atoms with van der Waals surface area (Å²) in [6.07, 6.45) is 4.10. The first-order chi connectivity index (χ1) is 13.0. The molecule has 3 N–H and O–H groups in total. The van der Waals surface area contributed by atoms with Crippen molar-refractivity contribution in [1.29, 1.82) is 0 Å². The minimum atomic E-state index is -3.48. The van der Waals surface area contributed by atoms with Crippen LogP contribution in [0.2, 0.25) is 0 Å². The highest BCUT2D eigenvalue weighted by Crippen LogP contribution is 2.29. The van der Waals surface area contributed by atoms with Gasteiger partial charge in [-0.1, -0.05) is 18.6 Å². The summed E-state index contributed by atoms with van der Waals surface area (Å²) in [5, 5.41) is 2.94. The molecule has 2 aliphatic rings. The molecule has 3 rings (SSSR count). The Bertz CT molecular complexity index is 760. The normalized spacial score (nSPS) is 20.2. The Hall–Kier alpha value is -1.19. The third-order valence-corrected chi connectivity index (χ3v) is 7.52. The molecule has 2 fully saturated rings. The quantitative estimate of drug-likeness (QED) is 0.713. The highest BCUT2D eigenvalue weighted by atomic mass is 35.5. The summed E-state index contributed by atoms with van der Waals surface area (Å²) in [5.41, 5.74) is 6.05. The van der Waals surface area contributed by atoms with E-state index in [2.05, 4.69) is 5.32 Å². The van der Waals surface area contributed by atoms with Crippen molar-refractivity contribution >= 4 is 28.3 Å². The molecule has 2 heterocycles. The van der Waals surface area contributed by atoms with Crippen molar-refractivity contribution in [2.45, 2.75) is 43.5 Å². The van der Waals surface area contributed by atoms with Gasteiger partial charge < -0.3 is 15.8 Å². The van der Waals surface area contributed by atoms with Gasteiger partial charge in [0.15, 0.2) is 0 Å². The highest BCUT2D eigenvalue weighted by Gasteiger charge is 2.38. The highest BCUT2D eigenvalue weighted by molar-refractivity contribution is 7.89. The van der Waals surface area contributed by atoms with E-state index in [9.17, 15) is 13.2 Å². The van der Waals surface area contributed by atoms with Crippen molar-refractivity contribution in [3.63, 3.8) is 0 Å². The lowest BCUT2D eigenvalue weighted by atomic mass is 9.79. The van der Waals surface area contributed by atoms with E-state index >= 15 is 0 Å². The first-order valence-corrected chi connectivity index (χ1v) is 11.1. The summed E-state index contributed by atoms with van der Waals surface area (Å²) in [6, 6.07) is 6.83. The van der Waals surface area contributed by atoms with Gasteiger partial charge in [-0.3, -0.25) is 4.79 Å². The van der Waals surface area contributed by atoms with Gasteiger partial charge in [-0.2, -0.15) is 4.31 Å². The molecule has 0 bridgehead atoms. The lowest BCUT2D eigenvalue weighted by molar-refractivity contribution is -0.136. The number of piperidine rings is 1. The molecular formula is C19H30ClN3O4S. The maximum atomic E-state index is 12.8. The van der Waals surface area contributed by atoms with Gasteiger partial charge >= 0.3 is 0 Å². The van der Waals surface area contributed by atoms with Crippen LogP contribution in [-0.4, -0.2) is 51.5 Å². The smallest absolute Gasteiger partial charge is 0.243 e. The fraction of sp³-hybridized carbons (Fsp3) is 0.632. The van der Waals surface area contributed by atoms with E-state index in [0.717, 1.165) is 24.8 Å². The Morgan fingerprint density at radius 3 is 2.50 bits per heavy atom. The SMILES string of the molecule is Cl.NCC1(C(=O)NCc2cccc(S(=O)(=O)N3CCCCC3)c2)CCOCC1. The van der Waals surface area contributed by atoms with Crippen molar-refractivity contribution in [1.82, 2.24) is 9.62 Å². The molecule has 0 spiro atoms. The number of rotatable bonds is 6. The van der Waals surface area contributed by atoms with Gasteiger partial charge in [0.2, 0.25) is 15.9 Å². The van der Waals surface area contributed by atoms with Crippen molar-refractivity contribution in [2.24, 2.45) is 11.1 Å². The van der Waals surface area contributed by atoms with Crippen LogP contribution in [0.5, 0.6) is 0 Å². The summed E-state index contributed by atoms with van der Waals surface area (Å²) in [4.78, 5) is 13.0. The molecule has 28 heavy (non-hydrogen) atoms. The van der Waals surface area contributed by atoms with Crippen LogP contribution in [0.1, 0.15) is 37.7 Å². The zero-order valence-corrected chi connectivity index (χ0v) is 17.7. The van der Waals surface area contributed by atoms with Crippen molar-refractivity contribution in [2.75, 3.05) is 32.8 Å². The standard InChI is InChI=1S/C19H29N3O4S.ClH/c20-15-19(7-11-26-12-8-19)18(23)21-14-16-5-4-6-17(13-16)27(24,25)22-9-2-1-3-10-22;/h4-6,13H,1-3,7-12,14-15,20H2,(H,21,23);1H. The fourth-order valence-electron chi connectivity index (χ4n) is 3.73. The second kappa shape index (κ2) is 10.0. The first kappa shape index (κ1) is 23.1. The number of nitrogens with zero attached hydrogens (tertiary/aromatic N) is 1. The number of carbonyl (C=O) groups excluding carboxylic acids is 1. The monoisotopic (exact) mass is 431 g/mol. The maximum Gasteiger partial charge on any atom is 0.243 e. The number of halogens is 1. The predicted octanol–water partition coefficient (Wildman–Crippen LogP) is 1.65.